The normalized spacial score (nSPS) is 34.7. The lowest BCUT2D eigenvalue weighted by atomic mass is 10.2. The van der Waals surface area contributed by atoms with Crippen molar-refractivity contribution in [3.8, 4) is 0 Å². The summed E-state index contributed by atoms with van der Waals surface area (Å²) in [5.41, 5.74) is 0. The lowest BCUT2D eigenvalue weighted by molar-refractivity contribution is 0.219. The first-order chi connectivity index (χ1) is 4.24. The Bertz CT molecular complexity index is 124. The molecule has 52 valence electrons. The molecule has 2 atom stereocenters. The second-order valence-corrected chi connectivity index (χ2v) is 3.24. The number of hydrogen-bond acceptors (Lipinski definition) is 3. The molecule has 1 saturated heterocycles. The SMILES string of the molecule is CCC1CC(S)C(=S)O1. The fourth-order valence-corrected chi connectivity index (χ4v) is 1.41. The monoisotopic (exact) mass is 162 g/mol. The van der Waals surface area contributed by atoms with Crippen molar-refractivity contribution >= 4 is 29.9 Å². The number of ether oxygens (including phenoxy) is 1. The van der Waals surface area contributed by atoms with E-state index in [1.165, 1.54) is 0 Å². The summed E-state index contributed by atoms with van der Waals surface area (Å²) in [7, 11) is 0. The molecule has 0 aliphatic carbocycles. The van der Waals surface area contributed by atoms with Crippen LogP contribution in [-0.2, 0) is 4.74 Å². The molecular weight excluding hydrogens is 152 g/mol. The fraction of sp³-hybridized carbons (Fsp3) is 0.833. The summed E-state index contributed by atoms with van der Waals surface area (Å²) in [6.07, 6.45) is 2.36. The Morgan fingerprint density at radius 2 is 2.56 bits per heavy atom. The van der Waals surface area contributed by atoms with Crippen LogP contribution in [0.2, 0.25) is 0 Å². The minimum atomic E-state index is 0.199. The molecule has 0 radical (unpaired) electrons. The Balaban J connectivity index is 2.44. The molecule has 3 heteroatoms. The molecule has 0 N–H and O–H groups in total. The largest absolute Gasteiger partial charge is 0.483 e. The van der Waals surface area contributed by atoms with Gasteiger partial charge in [0.2, 0.25) is 0 Å². The van der Waals surface area contributed by atoms with Crippen molar-refractivity contribution in [2.75, 3.05) is 0 Å². The Hall–Kier alpha value is 0.240. The zero-order valence-corrected chi connectivity index (χ0v) is 7.04. The van der Waals surface area contributed by atoms with E-state index in [9.17, 15) is 0 Å². The third-order valence-electron chi connectivity index (χ3n) is 1.50. The van der Waals surface area contributed by atoms with Crippen LogP contribution in [0.15, 0.2) is 0 Å². The summed E-state index contributed by atoms with van der Waals surface area (Å²) in [6, 6.07) is 0. The first kappa shape index (κ1) is 7.35. The quantitative estimate of drug-likeness (QED) is 0.465. The highest BCUT2D eigenvalue weighted by Gasteiger charge is 2.26. The van der Waals surface area contributed by atoms with E-state index in [0.29, 0.717) is 11.2 Å². The maximum Gasteiger partial charge on any atom is 0.172 e. The Morgan fingerprint density at radius 3 is 2.78 bits per heavy atom. The van der Waals surface area contributed by atoms with Crippen molar-refractivity contribution in [1.29, 1.82) is 0 Å². The van der Waals surface area contributed by atoms with Crippen LogP contribution in [0, 0.1) is 0 Å². The number of hydrogen-bond donors (Lipinski definition) is 1. The molecule has 1 nitrogen and oxygen atoms in total. The van der Waals surface area contributed by atoms with E-state index in [4.69, 9.17) is 17.0 Å². The van der Waals surface area contributed by atoms with Crippen LogP contribution < -0.4 is 0 Å². The first-order valence-electron chi connectivity index (χ1n) is 3.12. The maximum atomic E-state index is 5.28. The van der Waals surface area contributed by atoms with Crippen LogP contribution in [0.25, 0.3) is 0 Å². The minimum Gasteiger partial charge on any atom is -0.483 e. The van der Waals surface area contributed by atoms with Gasteiger partial charge in [-0.1, -0.05) is 6.92 Å². The molecule has 0 aromatic carbocycles. The van der Waals surface area contributed by atoms with Crippen LogP contribution in [0.3, 0.4) is 0 Å². The predicted molar refractivity (Wildman–Crippen MR) is 45.2 cm³/mol. The molecule has 0 aromatic rings. The zero-order chi connectivity index (χ0) is 6.85. The van der Waals surface area contributed by atoms with Gasteiger partial charge in [0.25, 0.3) is 0 Å². The van der Waals surface area contributed by atoms with Gasteiger partial charge in [0.05, 0.1) is 5.25 Å². The predicted octanol–water partition coefficient (Wildman–Crippen LogP) is 1.81. The summed E-state index contributed by atoms with van der Waals surface area (Å²) < 4.78 is 5.28. The van der Waals surface area contributed by atoms with Gasteiger partial charge in [0.1, 0.15) is 6.10 Å². The molecule has 0 aromatic heterocycles. The molecule has 1 rings (SSSR count). The second kappa shape index (κ2) is 2.88. The molecule has 2 unspecified atom stereocenters. The summed E-state index contributed by atoms with van der Waals surface area (Å²) in [5.74, 6) is 0. The Morgan fingerprint density at radius 1 is 1.89 bits per heavy atom. The number of thiol groups is 1. The van der Waals surface area contributed by atoms with E-state index >= 15 is 0 Å². The first-order valence-corrected chi connectivity index (χ1v) is 4.05. The molecule has 0 spiro atoms. The van der Waals surface area contributed by atoms with E-state index in [-0.39, 0.29) is 5.25 Å². The van der Waals surface area contributed by atoms with E-state index < -0.39 is 0 Å². The van der Waals surface area contributed by atoms with Gasteiger partial charge in [-0.2, -0.15) is 12.6 Å². The van der Waals surface area contributed by atoms with Crippen LogP contribution in [0.1, 0.15) is 19.8 Å². The van der Waals surface area contributed by atoms with Crippen molar-refractivity contribution < 1.29 is 4.74 Å². The Kier molecular flexibility index (Phi) is 2.35. The van der Waals surface area contributed by atoms with Gasteiger partial charge >= 0.3 is 0 Å². The number of thiocarbonyl (C=S) groups is 1. The fourth-order valence-electron chi connectivity index (χ4n) is 0.886. The van der Waals surface area contributed by atoms with E-state index in [2.05, 4.69) is 19.6 Å². The topological polar surface area (TPSA) is 9.23 Å². The summed E-state index contributed by atoms with van der Waals surface area (Å²) in [5, 5.41) is 0.870. The molecule has 0 bridgehead atoms. The van der Waals surface area contributed by atoms with Crippen molar-refractivity contribution in [3.05, 3.63) is 0 Å². The summed E-state index contributed by atoms with van der Waals surface area (Å²) in [4.78, 5) is 0. The van der Waals surface area contributed by atoms with Gasteiger partial charge in [-0.05, 0) is 18.6 Å². The molecule has 1 aliphatic rings. The molecule has 1 heterocycles. The molecular formula is C6H10OS2. The third kappa shape index (κ3) is 1.58. The van der Waals surface area contributed by atoms with E-state index in [1.807, 2.05) is 0 Å². The zero-order valence-electron chi connectivity index (χ0n) is 5.33. The lowest BCUT2D eigenvalue weighted by Gasteiger charge is -2.03. The average molecular weight is 162 g/mol. The minimum absolute atomic E-state index is 0.199. The highest BCUT2D eigenvalue weighted by Crippen LogP contribution is 2.22. The van der Waals surface area contributed by atoms with Gasteiger partial charge in [-0.15, -0.1) is 0 Å². The second-order valence-electron chi connectivity index (χ2n) is 2.22. The molecule has 9 heavy (non-hydrogen) atoms. The van der Waals surface area contributed by atoms with Crippen molar-refractivity contribution in [1.82, 2.24) is 0 Å². The lowest BCUT2D eigenvalue weighted by Crippen LogP contribution is -2.03. The molecule has 1 fully saturated rings. The van der Waals surface area contributed by atoms with E-state index in [1.54, 1.807) is 0 Å². The van der Waals surface area contributed by atoms with Gasteiger partial charge in [-0.25, -0.2) is 0 Å². The Labute approximate surface area is 66.2 Å². The molecule has 0 saturated carbocycles. The summed E-state index contributed by atoms with van der Waals surface area (Å²) >= 11 is 9.12. The van der Waals surface area contributed by atoms with Crippen molar-refractivity contribution in [2.45, 2.75) is 31.1 Å². The van der Waals surface area contributed by atoms with Crippen LogP contribution >= 0.6 is 24.8 Å². The van der Waals surface area contributed by atoms with Gasteiger partial charge in [0, 0.05) is 6.42 Å². The molecule has 1 aliphatic heterocycles. The third-order valence-corrected chi connectivity index (χ3v) is 2.50. The smallest absolute Gasteiger partial charge is 0.172 e. The standard InChI is InChI=1S/C6H10OS2/c1-2-4-3-5(8)6(9)7-4/h4-5,8H,2-3H2,1H3. The van der Waals surface area contributed by atoms with Crippen LogP contribution in [0.4, 0.5) is 0 Å². The summed E-state index contributed by atoms with van der Waals surface area (Å²) in [6.45, 7) is 2.10. The van der Waals surface area contributed by atoms with Gasteiger partial charge in [0.15, 0.2) is 5.05 Å². The van der Waals surface area contributed by atoms with Crippen LogP contribution in [0.5, 0.6) is 0 Å². The highest BCUT2D eigenvalue weighted by molar-refractivity contribution is 7.86. The molecule has 0 amide bonds. The van der Waals surface area contributed by atoms with Crippen molar-refractivity contribution in [3.63, 3.8) is 0 Å². The van der Waals surface area contributed by atoms with Crippen LogP contribution in [-0.4, -0.2) is 16.4 Å². The highest BCUT2D eigenvalue weighted by atomic mass is 32.1. The average Bonchev–Trinajstić information content (AvgIpc) is 2.13. The maximum absolute atomic E-state index is 5.28. The van der Waals surface area contributed by atoms with Crippen molar-refractivity contribution in [2.24, 2.45) is 0 Å². The van der Waals surface area contributed by atoms with Gasteiger partial charge < -0.3 is 4.74 Å². The van der Waals surface area contributed by atoms with Gasteiger partial charge in [-0.3, -0.25) is 0 Å². The number of rotatable bonds is 1. The van der Waals surface area contributed by atoms with E-state index in [0.717, 1.165) is 12.8 Å².